The van der Waals surface area contributed by atoms with Gasteiger partial charge in [0.1, 0.15) is 11.6 Å². The van der Waals surface area contributed by atoms with Crippen molar-refractivity contribution in [1.82, 2.24) is 5.32 Å². The molecule has 0 atom stereocenters. The smallest absolute Gasteiger partial charge is 0.294 e. The second-order valence-electron chi connectivity index (χ2n) is 5.82. The second kappa shape index (κ2) is 8.98. The van der Waals surface area contributed by atoms with Gasteiger partial charge in [-0.15, -0.1) is 0 Å². The Hall–Kier alpha value is -3.15. The molecule has 0 fully saturated rings. The predicted octanol–water partition coefficient (Wildman–Crippen LogP) is 2.42. The van der Waals surface area contributed by atoms with Crippen molar-refractivity contribution in [1.29, 1.82) is 5.26 Å². The molecule has 8 heteroatoms. The van der Waals surface area contributed by atoms with Crippen LogP contribution in [0, 0.1) is 18.3 Å². The minimum atomic E-state index is -4.30. The number of carbonyl (C=O) groups excluding carboxylic acids is 1. The van der Waals surface area contributed by atoms with Crippen LogP contribution in [0.5, 0.6) is 0 Å². The normalized spacial score (nSPS) is 11.5. The molecule has 0 radical (unpaired) electrons. The molecule has 7 nitrogen and oxygen atoms in total. The molecular formula is C19H19N3O4S. The number of aryl methyl sites for hydroxylation is 1. The lowest BCUT2D eigenvalue weighted by Gasteiger charge is -2.06. The van der Waals surface area contributed by atoms with Crippen molar-refractivity contribution in [2.75, 3.05) is 11.9 Å². The Labute approximate surface area is 158 Å². The molecule has 2 aromatic rings. The lowest BCUT2D eigenvalue weighted by Crippen LogP contribution is -2.18. The average Bonchev–Trinajstić information content (AvgIpc) is 2.61. The number of nitrogens with zero attached hydrogens (tertiary/aromatic N) is 1. The van der Waals surface area contributed by atoms with E-state index in [0.717, 1.165) is 24.1 Å². The van der Waals surface area contributed by atoms with Crippen LogP contribution in [-0.4, -0.2) is 25.4 Å². The van der Waals surface area contributed by atoms with E-state index in [1.807, 2.05) is 31.2 Å². The van der Waals surface area contributed by atoms with Crippen LogP contribution in [0.25, 0.3) is 0 Å². The van der Waals surface area contributed by atoms with E-state index in [1.54, 1.807) is 0 Å². The summed E-state index contributed by atoms with van der Waals surface area (Å²) >= 11 is 0. The van der Waals surface area contributed by atoms with E-state index in [-0.39, 0.29) is 10.5 Å². The maximum absolute atomic E-state index is 12.1. The van der Waals surface area contributed by atoms with Gasteiger partial charge >= 0.3 is 0 Å². The zero-order chi connectivity index (χ0) is 19.9. The summed E-state index contributed by atoms with van der Waals surface area (Å²) < 4.78 is 30.9. The van der Waals surface area contributed by atoms with Gasteiger partial charge in [0.25, 0.3) is 16.0 Å². The van der Waals surface area contributed by atoms with Crippen LogP contribution in [0.1, 0.15) is 11.1 Å². The highest BCUT2D eigenvalue weighted by Gasteiger charge is 2.11. The summed E-state index contributed by atoms with van der Waals surface area (Å²) in [5.74, 6) is -0.625. The van der Waals surface area contributed by atoms with Gasteiger partial charge in [-0.2, -0.15) is 13.7 Å². The summed E-state index contributed by atoms with van der Waals surface area (Å²) in [7, 11) is -4.30. The van der Waals surface area contributed by atoms with Crippen molar-refractivity contribution >= 4 is 21.7 Å². The van der Waals surface area contributed by atoms with Gasteiger partial charge in [0.15, 0.2) is 0 Å². The Morgan fingerprint density at radius 2 is 1.93 bits per heavy atom. The molecule has 0 bridgehead atoms. The predicted molar refractivity (Wildman–Crippen MR) is 101 cm³/mol. The first-order valence-electron chi connectivity index (χ1n) is 8.07. The van der Waals surface area contributed by atoms with Crippen LogP contribution >= 0.6 is 0 Å². The molecule has 0 saturated carbocycles. The zero-order valence-electron chi connectivity index (χ0n) is 14.6. The van der Waals surface area contributed by atoms with Gasteiger partial charge in [-0.1, -0.05) is 29.8 Å². The molecule has 0 heterocycles. The van der Waals surface area contributed by atoms with Crippen molar-refractivity contribution < 1.29 is 17.8 Å². The minimum Gasteiger partial charge on any atom is -0.389 e. The Bertz CT molecular complexity index is 990. The van der Waals surface area contributed by atoms with Gasteiger partial charge in [0.05, 0.1) is 4.90 Å². The molecule has 0 aliphatic heterocycles. The first-order chi connectivity index (χ1) is 12.8. The third-order valence-electron chi connectivity index (χ3n) is 3.66. The lowest BCUT2D eigenvalue weighted by molar-refractivity contribution is -0.112. The van der Waals surface area contributed by atoms with Gasteiger partial charge in [-0.05, 0) is 43.2 Å². The SMILES string of the molecule is Cc1cccc(CCN/C=C(/C#N)C(=O)Nc2ccc(S(=O)(=O)O)cc2)c1. The van der Waals surface area contributed by atoms with E-state index in [4.69, 9.17) is 9.81 Å². The molecule has 0 aliphatic carbocycles. The third-order valence-corrected chi connectivity index (χ3v) is 4.53. The summed E-state index contributed by atoms with van der Waals surface area (Å²) in [6.45, 7) is 2.57. The molecule has 27 heavy (non-hydrogen) atoms. The largest absolute Gasteiger partial charge is 0.389 e. The summed E-state index contributed by atoms with van der Waals surface area (Å²) in [5.41, 5.74) is 2.50. The van der Waals surface area contributed by atoms with Crippen LogP contribution < -0.4 is 10.6 Å². The fraction of sp³-hybridized carbons (Fsp3) is 0.158. The molecule has 1 amide bonds. The maximum atomic E-state index is 12.1. The summed E-state index contributed by atoms with van der Waals surface area (Å²) in [6.07, 6.45) is 2.09. The first-order valence-corrected chi connectivity index (χ1v) is 9.52. The Morgan fingerprint density at radius 3 is 2.52 bits per heavy atom. The van der Waals surface area contributed by atoms with E-state index in [1.165, 1.54) is 23.9 Å². The van der Waals surface area contributed by atoms with Crippen molar-refractivity contribution in [2.24, 2.45) is 0 Å². The molecule has 140 valence electrons. The van der Waals surface area contributed by atoms with Gasteiger partial charge in [-0.25, -0.2) is 0 Å². The van der Waals surface area contributed by atoms with Crippen LogP contribution in [-0.2, 0) is 21.3 Å². The Morgan fingerprint density at radius 1 is 1.22 bits per heavy atom. The highest BCUT2D eigenvalue weighted by Crippen LogP contribution is 2.14. The van der Waals surface area contributed by atoms with E-state index in [9.17, 15) is 13.2 Å². The minimum absolute atomic E-state index is 0.113. The van der Waals surface area contributed by atoms with Crippen molar-refractivity contribution in [3.05, 3.63) is 71.4 Å². The molecule has 2 rings (SSSR count). The molecule has 0 saturated heterocycles. The Balaban J connectivity index is 1.93. The summed E-state index contributed by atoms with van der Waals surface area (Å²) in [6, 6.07) is 14.8. The topological polar surface area (TPSA) is 119 Å². The highest BCUT2D eigenvalue weighted by atomic mass is 32.2. The number of anilines is 1. The summed E-state index contributed by atoms with van der Waals surface area (Å²) in [4.78, 5) is 11.8. The summed E-state index contributed by atoms with van der Waals surface area (Å²) in [5, 5.41) is 14.6. The van der Waals surface area contributed by atoms with E-state index < -0.39 is 16.0 Å². The van der Waals surface area contributed by atoms with Gasteiger partial charge in [0.2, 0.25) is 0 Å². The Kier molecular flexibility index (Phi) is 6.71. The number of nitriles is 1. The van der Waals surface area contributed by atoms with Crippen LogP contribution in [0.3, 0.4) is 0 Å². The van der Waals surface area contributed by atoms with Crippen molar-refractivity contribution in [3.63, 3.8) is 0 Å². The van der Waals surface area contributed by atoms with Crippen LogP contribution in [0.15, 0.2) is 65.2 Å². The molecule has 0 spiro atoms. The number of nitrogens with one attached hydrogen (secondary N) is 2. The van der Waals surface area contributed by atoms with E-state index >= 15 is 0 Å². The average molecular weight is 385 g/mol. The number of carbonyl (C=O) groups is 1. The van der Waals surface area contributed by atoms with Gasteiger partial charge < -0.3 is 10.6 Å². The number of amides is 1. The third kappa shape index (κ3) is 6.26. The second-order valence-corrected chi connectivity index (χ2v) is 7.24. The maximum Gasteiger partial charge on any atom is 0.294 e. The van der Waals surface area contributed by atoms with Crippen molar-refractivity contribution in [2.45, 2.75) is 18.2 Å². The van der Waals surface area contributed by atoms with Crippen LogP contribution in [0.2, 0.25) is 0 Å². The highest BCUT2D eigenvalue weighted by molar-refractivity contribution is 7.85. The zero-order valence-corrected chi connectivity index (χ0v) is 15.5. The number of hydrogen-bond donors (Lipinski definition) is 3. The van der Waals surface area contributed by atoms with E-state index in [0.29, 0.717) is 12.2 Å². The number of benzene rings is 2. The monoisotopic (exact) mass is 385 g/mol. The quantitative estimate of drug-likeness (QED) is 0.291. The van der Waals surface area contributed by atoms with Crippen LogP contribution in [0.4, 0.5) is 5.69 Å². The lowest BCUT2D eigenvalue weighted by atomic mass is 10.1. The molecule has 0 aliphatic rings. The van der Waals surface area contributed by atoms with Gasteiger partial charge in [-0.3, -0.25) is 9.35 Å². The fourth-order valence-corrected chi connectivity index (χ4v) is 2.80. The molecule has 0 unspecified atom stereocenters. The van der Waals surface area contributed by atoms with Gasteiger partial charge in [0, 0.05) is 18.4 Å². The first kappa shape index (κ1) is 20.2. The number of hydrogen-bond acceptors (Lipinski definition) is 5. The molecule has 3 N–H and O–H groups in total. The fourth-order valence-electron chi connectivity index (χ4n) is 2.32. The molecule has 2 aromatic carbocycles. The standard InChI is InChI=1S/C19H19N3O4S/c1-14-3-2-4-15(11-14)9-10-21-13-16(12-20)19(23)22-17-5-7-18(8-6-17)27(24,25)26/h2-8,11,13,21H,9-10H2,1H3,(H,22,23)(H,24,25,26)/b16-13-. The molecular weight excluding hydrogens is 366 g/mol. The van der Waals surface area contributed by atoms with Crippen molar-refractivity contribution in [3.8, 4) is 6.07 Å². The number of rotatable bonds is 7. The van der Waals surface area contributed by atoms with E-state index in [2.05, 4.69) is 16.7 Å². The molecule has 0 aromatic heterocycles.